The van der Waals surface area contributed by atoms with Gasteiger partial charge in [-0.3, -0.25) is 0 Å². The molecule has 0 radical (unpaired) electrons. The second kappa shape index (κ2) is 6.94. The summed E-state index contributed by atoms with van der Waals surface area (Å²) in [7, 11) is -0.764. The van der Waals surface area contributed by atoms with Crippen LogP contribution in [0.3, 0.4) is 0 Å². The first kappa shape index (κ1) is 19.1. The van der Waals surface area contributed by atoms with Crippen molar-refractivity contribution in [3.63, 3.8) is 0 Å². The second-order valence-electron chi connectivity index (χ2n) is 8.59. The summed E-state index contributed by atoms with van der Waals surface area (Å²) in [4.78, 5) is 8.12. The van der Waals surface area contributed by atoms with Gasteiger partial charge in [-0.25, -0.2) is 4.98 Å². The molecule has 32 heavy (non-hydrogen) atoms. The quantitative estimate of drug-likeness (QED) is 0.435. The highest BCUT2D eigenvalue weighted by atomic mass is 28.3. The van der Waals surface area contributed by atoms with Gasteiger partial charge in [0.05, 0.1) is 24.5 Å². The highest BCUT2D eigenvalue weighted by molar-refractivity contribution is 7.22. The van der Waals surface area contributed by atoms with Gasteiger partial charge in [-0.05, 0) is 57.4 Å². The number of benzene rings is 4. The molecule has 2 heterocycles. The van der Waals surface area contributed by atoms with E-state index in [0.29, 0.717) is 0 Å². The Bertz CT molecular complexity index is 1430. The van der Waals surface area contributed by atoms with Gasteiger partial charge in [-0.2, -0.15) is 0 Å². The average Bonchev–Trinajstić information content (AvgIpc) is 3.42. The van der Waals surface area contributed by atoms with Gasteiger partial charge in [0.2, 0.25) is 0 Å². The minimum atomic E-state index is -2.52. The van der Waals surface area contributed by atoms with Crippen molar-refractivity contribution in [2.75, 3.05) is 7.11 Å². The Morgan fingerprint density at radius 2 is 1.41 bits per heavy atom. The zero-order chi connectivity index (χ0) is 21.9. The third-order valence-corrected chi connectivity index (χ3v) is 11.7. The third kappa shape index (κ3) is 2.38. The zero-order valence-electron chi connectivity index (χ0n) is 18.4. The number of rotatable bonds is 3. The van der Waals surface area contributed by atoms with Gasteiger partial charge in [0.25, 0.3) is 0 Å². The molecule has 0 saturated carbocycles. The molecule has 0 unspecified atom stereocenters. The lowest BCUT2D eigenvalue weighted by Crippen LogP contribution is -2.72. The van der Waals surface area contributed by atoms with E-state index in [1.54, 1.807) is 7.11 Å². The monoisotopic (exact) mass is 432 g/mol. The van der Waals surface area contributed by atoms with Crippen LogP contribution < -0.4 is 25.5 Å². The normalized spacial score (nSPS) is 13.7. The number of nitrogens with zero attached hydrogens (tertiary/aromatic N) is 1. The van der Waals surface area contributed by atoms with Crippen LogP contribution in [0.15, 0.2) is 85.2 Å². The second-order valence-corrected chi connectivity index (χ2v) is 12.3. The molecule has 1 aromatic heterocycles. The van der Waals surface area contributed by atoms with Gasteiger partial charge in [0.15, 0.2) is 8.07 Å². The lowest BCUT2D eigenvalue weighted by atomic mass is 10.0. The van der Waals surface area contributed by atoms with Crippen LogP contribution in [0.2, 0.25) is 0 Å². The SMILES string of the molecule is COc1cc2c(cc1C)[Si](c1ccccc1)(c1ccccc1)c1cc(C)c3nc[nH]c3c1-2. The molecule has 1 N–H and O–H groups in total. The first-order valence-electron chi connectivity index (χ1n) is 10.9. The van der Waals surface area contributed by atoms with E-state index in [-0.39, 0.29) is 0 Å². The van der Waals surface area contributed by atoms with Crippen LogP contribution in [0.25, 0.3) is 22.2 Å². The van der Waals surface area contributed by atoms with Gasteiger partial charge in [-0.15, -0.1) is 0 Å². The summed E-state index contributed by atoms with van der Waals surface area (Å²) in [5, 5.41) is 5.64. The fraction of sp³-hybridized carbons (Fsp3) is 0.107. The maximum absolute atomic E-state index is 5.77. The molecule has 0 bridgehead atoms. The maximum atomic E-state index is 5.77. The van der Waals surface area contributed by atoms with E-state index in [2.05, 4.69) is 103 Å². The molecular formula is C28H24N2OSi. The van der Waals surface area contributed by atoms with Crippen molar-refractivity contribution in [3.8, 4) is 16.9 Å². The highest BCUT2D eigenvalue weighted by Crippen LogP contribution is 2.37. The number of hydrogen-bond acceptors (Lipinski definition) is 2. The van der Waals surface area contributed by atoms with Crippen molar-refractivity contribution < 1.29 is 4.74 Å². The molecule has 1 aliphatic heterocycles. The molecule has 4 heteroatoms. The van der Waals surface area contributed by atoms with Gasteiger partial charge in [-0.1, -0.05) is 72.8 Å². The number of H-pyrrole nitrogens is 1. The van der Waals surface area contributed by atoms with Crippen LogP contribution in [-0.2, 0) is 0 Å². The minimum Gasteiger partial charge on any atom is -0.496 e. The van der Waals surface area contributed by atoms with Crippen LogP contribution in [0.5, 0.6) is 5.75 Å². The molecule has 0 aliphatic carbocycles. The molecule has 0 spiro atoms. The van der Waals surface area contributed by atoms with E-state index in [0.717, 1.165) is 16.8 Å². The molecule has 4 aromatic carbocycles. The Hall–Kier alpha value is -3.63. The molecular weight excluding hydrogens is 408 g/mol. The maximum Gasteiger partial charge on any atom is 0.180 e. The molecule has 156 valence electrons. The fourth-order valence-corrected chi connectivity index (χ4v) is 10.9. The van der Waals surface area contributed by atoms with Crippen molar-refractivity contribution >= 4 is 39.9 Å². The number of methoxy groups -OCH3 is 1. The Kier molecular flexibility index (Phi) is 4.14. The summed E-state index contributed by atoms with van der Waals surface area (Å²) < 4.78 is 5.77. The van der Waals surface area contributed by atoms with Crippen LogP contribution >= 0.6 is 0 Å². The Balaban J connectivity index is 1.88. The van der Waals surface area contributed by atoms with E-state index >= 15 is 0 Å². The van der Waals surface area contributed by atoms with Gasteiger partial charge >= 0.3 is 0 Å². The first-order valence-corrected chi connectivity index (χ1v) is 12.9. The summed E-state index contributed by atoms with van der Waals surface area (Å²) in [6, 6.07) is 29.1. The number of ether oxygens (including phenoxy) is 1. The standard InChI is InChI=1S/C28H24N2OSi/c1-18-14-24-22(16-23(18)31-3)26-25(15-19(2)27-28(26)30-17-29-27)32(24,20-10-6-4-7-11-20)21-12-8-5-9-13-21/h4-17H,1-3H3,(H,29,30). The van der Waals surface area contributed by atoms with E-state index in [1.807, 2.05) is 6.33 Å². The summed E-state index contributed by atoms with van der Waals surface area (Å²) in [6.07, 6.45) is 1.82. The lowest BCUT2D eigenvalue weighted by molar-refractivity contribution is 0.412. The molecule has 0 saturated heterocycles. The molecule has 1 aliphatic rings. The molecule has 0 atom stereocenters. The van der Waals surface area contributed by atoms with E-state index in [9.17, 15) is 0 Å². The van der Waals surface area contributed by atoms with Gasteiger partial charge < -0.3 is 9.72 Å². The predicted octanol–water partition coefficient (Wildman–Crippen LogP) is 3.55. The number of hydrogen-bond donors (Lipinski definition) is 1. The highest BCUT2D eigenvalue weighted by Gasteiger charge is 2.50. The van der Waals surface area contributed by atoms with Crippen molar-refractivity contribution in [1.29, 1.82) is 0 Å². The molecule has 5 aromatic rings. The van der Waals surface area contributed by atoms with Crippen LogP contribution in [0.1, 0.15) is 11.1 Å². The molecule has 6 rings (SSSR count). The largest absolute Gasteiger partial charge is 0.496 e. The van der Waals surface area contributed by atoms with Crippen molar-refractivity contribution in [2.45, 2.75) is 13.8 Å². The number of fused-ring (bicyclic) bond motifs is 5. The summed E-state index contributed by atoms with van der Waals surface area (Å²) >= 11 is 0. The Labute approximate surface area is 188 Å². The van der Waals surface area contributed by atoms with Gasteiger partial charge in [0.1, 0.15) is 5.75 Å². The summed E-state index contributed by atoms with van der Waals surface area (Å²) in [6.45, 7) is 4.32. The first-order chi connectivity index (χ1) is 15.7. The molecule has 0 amide bonds. The topological polar surface area (TPSA) is 37.9 Å². The van der Waals surface area contributed by atoms with E-state index in [4.69, 9.17) is 4.74 Å². The van der Waals surface area contributed by atoms with Crippen LogP contribution in [-0.4, -0.2) is 25.2 Å². The van der Waals surface area contributed by atoms with Crippen molar-refractivity contribution in [1.82, 2.24) is 9.97 Å². The number of nitrogens with one attached hydrogen (secondary N) is 1. The van der Waals surface area contributed by atoms with Crippen molar-refractivity contribution in [3.05, 3.63) is 96.3 Å². The Morgan fingerprint density at radius 1 is 0.781 bits per heavy atom. The lowest BCUT2D eigenvalue weighted by Gasteiger charge is -2.31. The fourth-order valence-electron chi connectivity index (χ4n) is 5.59. The molecule has 0 fully saturated rings. The van der Waals surface area contributed by atoms with Crippen LogP contribution in [0, 0.1) is 13.8 Å². The minimum absolute atomic E-state index is 0.925. The average molecular weight is 433 g/mol. The summed E-state index contributed by atoms with van der Waals surface area (Å²) in [5.74, 6) is 0.925. The summed E-state index contributed by atoms with van der Waals surface area (Å²) in [5.41, 5.74) is 7.07. The van der Waals surface area contributed by atoms with E-state index in [1.165, 1.54) is 43.0 Å². The predicted molar refractivity (Wildman–Crippen MR) is 135 cm³/mol. The number of aromatic amines is 1. The number of aryl methyl sites for hydroxylation is 2. The third-order valence-electron chi connectivity index (χ3n) is 6.92. The van der Waals surface area contributed by atoms with E-state index < -0.39 is 8.07 Å². The smallest absolute Gasteiger partial charge is 0.180 e. The zero-order valence-corrected chi connectivity index (χ0v) is 19.4. The van der Waals surface area contributed by atoms with Gasteiger partial charge in [0, 0.05) is 5.56 Å². The van der Waals surface area contributed by atoms with Crippen LogP contribution in [0.4, 0.5) is 0 Å². The number of aromatic nitrogens is 2. The Morgan fingerprint density at radius 3 is 2.03 bits per heavy atom. The number of imidazole rings is 1. The molecule has 3 nitrogen and oxygen atoms in total. The van der Waals surface area contributed by atoms with Crippen molar-refractivity contribution in [2.24, 2.45) is 0 Å².